The SMILES string of the molecule is O=C(c1cc([N+](=O)[O-])ccc1I)c1cn(CC2COCCN2Cc2ccccc2)c2ccccc12. The van der Waals surface area contributed by atoms with Crippen LogP contribution in [0.15, 0.2) is 79.0 Å². The zero-order chi connectivity index (χ0) is 24.4. The quantitative estimate of drug-likeness (QED) is 0.128. The van der Waals surface area contributed by atoms with Crippen molar-refractivity contribution in [3.8, 4) is 0 Å². The molecule has 1 aliphatic rings. The Labute approximate surface area is 216 Å². The van der Waals surface area contributed by atoms with E-state index in [0.717, 1.165) is 24.0 Å². The Morgan fingerprint density at radius 3 is 2.63 bits per heavy atom. The molecule has 0 amide bonds. The molecule has 0 N–H and O–H groups in total. The normalized spacial score (nSPS) is 16.4. The van der Waals surface area contributed by atoms with Crippen molar-refractivity contribution in [3.05, 3.63) is 109 Å². The van der Waals surface area contributed by atoms with Gasteiger partial charge < -0.3 is 9.30 Å². The van der Waals surface area contributed by atoms with Gasteiger partial charge in [0.1, 0.15) is 0 Å². The molecule has 1 saturated heterocycles. The fourth-order valence-electron chi connectivity index (χ4n) is 4.64. The Bertz CT molecular complexity index is 1390. The molecule has 8 heteroatoms. The van der Waals surface area contributed by atoms with Gasteiger partial charge in [-0.3, -0.25) is 19.8 Å². The van der Waals surface area contributed by atoms with Crippen molar-refractivity contribution in [1.82, 2.24) is 9.47 Å². The Morgan fingerprint density at radius 1 is 1.06 bits per heavy atom. The van der Waals surface area contributed by atoms with Crippen molar-refractivity contribution in [2.45, 2.75) is 19.1 Å². The van der Waals surface area contributed by atoms with Gasteiger partial charge >= 0.3 is 0 Å². The lowest BCUT2D eigenvalue weighted by Crippen LogP contribution is -2.47. The molecule has 1 aromatic heterocycles. The van der Waals surface area contributed by atoms with Crippen LogP contribution >= 0.6 is 22.6 Å². The van der Waals surface area contributed by atoms with E-state index in [2.05, 4.69) is 56.3 Å². The highest BCUT2D eigenvalue weighted by atomic mass is 127. The fraction of sp³-hybridized carbons (Fsp3) is 0.222. The summed E-state index contributed by atoms with van der Waals surface area (Å²) < 4.78 is 8.62. The maximum absolute atomic E-state index is 13.6. The number of rotatable bonds is 7. The van der Waals surface area contributed by atoms with Crippen LogP contribution < -0.4 is 0 Å². The Kier molecular flexibility index (Phi) is 6.94. The first kappa shape index (κ1) is 23.7. The van der Waals surface area contributed by atoms with Crippen molar-refractivity contribution in [3.63, 3.8) is 0 Å². The monoisotopic (exact) mass is 581 g/mol. The van der Waals surface area contributed by atoms with Crippen LogP contribution in [-0.2, 0) is 17.8 Å². The van der Waals surface area contributed by atoms with Gasteiger partial charge in [0, 0.05) is 63.6 Å². The van der Waals surface area contributed by atoms with E-state index in [9.17, 15) is 14.9 Å². The fourth-order valence-corrected chi connectivity index (χ4v) is 5.22. The first-order chi connectivity index (χ1) is 17.0. The second kappa shape index (κ2) is 10.3. The van der Waals surface area contributed by atoms with Gasteiger partial charge in [-0.25, -0.2) is 0 Å². The lowest BCUT2D eigenvalue weighted by Gasteiger charge is -2.36. The molecular weight excluding hydrogens is 557 g/mol. The number of hydrogen-bond acceptors (Lipinski definition) is 5. The molecule has 0 saturated carbocycles. The summed E-state index contributed by atoms with van der Waals surface area (Å²) in [4.78, 5) is 26.8. The van der Waals surface area contributed by atoms with Crippen LogP contribution in [0.2, 0.25) is 0 Å². The molecule has 1 fully saturated rings. The first-order valence-corrected chi connectivity index (χ1v) is 12.5. The summed E-state index contributed by atoms with van der Waals surface area (Å²) in [6.07, 6.45) is 1.89. The van der Waals surface area contributed by atoms with Crippen LogP contribution in [-0.4, -0.2) is 46.0 Å². The third-order valence-corrected chi connectivity index (χ3v) is 7.36. The molecule has 1 aliphatic heterocycles. The van der Waals surface area contributed by atoms with Gasteiger partial charge in [0.25, 0.3) is 5.69 Å². The smallest absolute Gasteiger partial charge is 0.270 e. The predicted octanol–water partition coefficient (Wildman–Crippen LogP) is 5.29. The third kappa shape index (κ3) is 5.00. The van der Waals surface area contributed by atoms with E-state index >= 15 is 0 Å². The molecule has 4 aromatic rings. The van der Waals surface area contributed by atoms with Crippen LogP contribution in [0.4, 0.5) is 5.69 Å². The summed E-state index contributed by atoms with van der Waals surface area (Å²) in [5.74, 6) is -0.214. The first-order valence-electron chi connectivity index (χ1n) is 11.4. The topological polar surface area (TPSA) is 77.6 Å². The second-order valence-electron chi connectivity index (χ2n) is 8.65. The predicted molar refractivity (Wildman–Crippen MR) is 143 cm³/mol. The van der Waals surface area contributed by atoms with Gasteiger partial charge in [-0.15, -0.1) is 0 Å². The zero-order valence-electron chi connectivity index (χ0n) is 19.0. The molecule has 5 rings (SSSR count). The number of nitro groups is 1. The molecular formula is C27H24IN3O4. The minimum absolute atomic E-state index is 0.0894. The van der Waals surface area contributed by atoms with E-state index in [1.54, 1.807) is 6.07 Å². The van der Waals surface area contributed by atoms with Crippen LogP contribution in [0.25, 0.3) is 10.9 Å². The van der Waals surface area contributed by atoms with E-state index in [1.165, 1.54) is 17.7 Å². The van der Waals surface area contributed by atoms with Gasteiger partial charge in [-0.2, -0.15) is 0 Å². The minimum atomic E-state index is -0.472. The summed E-state index contributed by atoms with van der Waals surface area (Å²) in [6.45, 7) is 3.67. The van der Waals surface area contributed by atoms with E-state index < -0.39 is 4.92 Å². The van der Waals surface area contributed by atoms with Gasteiger partial charge in [0.2, 0.25) is 0 Å². The van der Waals surface area contributed by atoms with Crippen molar-refractivity contribution < 1.29 is 14.5 Å². The molecule has 0 radical (unpaired) electrons. The van der Waals surface area contributed by atoms with Gasteiger partial charge in [-0.1, -0.05) is 48.5 Å². The summed E-state index contributed by atoms with van der Waals surface area (Å²) in [5, 5.41) is 12.1. The maximum Gasteiger partial charge on any atom is 0.270 e. The summed E-state index contributed by atoms with van der Waals surface area (Å²) in [7, 11) is 0. The number of fused-ring (bicyclic) bond motifs is 1. The van der Waals surface area contributed by atoms with E-state index in [4.69, 9.17) is 4.74 Å². The maximum atomic E-state index is 13.6. The summed E-state index contributed by atoms with van der Waals surface area (Å²) in [6, 6.07) is 22.8. The van der Waals surface area contributed by atoms with Crippen LogP contribution in [0, 0.1) is 13.7 Å². The molecule has 2 heterocycles. The lowest BCUT2D eigenvalue weighted by molar-refractivity contribution is -0.384. The second-order valence-corrected chi connectivity index (χ2v) is 9.81. The molecule has 1 atom stereocenters. The number of morpholine rings is 1. The van der Waals surface area contributed by atoms with Gasteiger partial charge in [-0.05, 0) is 40.3 Å². The number of nitrogens with zero attached hydrogens (tertiary/aromatic N) is 3. The minimum Gasteiger partial charge on any atom is -0.378 e. The molecule has 3 aromatic carbocycles. The molecule has 1 unspecified atom stereocenters. The highest BCUT2D eigenvalue weighted by molar-refractivity contribution is 14.1. The molecule has 0 bridgehead atoms. The Hall–Kier alpha value is -3.08. The number of aromatic nitrogens is 1. The Morgan fingerprint density at radius 2 is 1.83 bits per heavy atom. The molecule has 178 valence electrons. The van der Waals surface area contributed by atoms with Crippen molar-refractivity contribution in [1.29, 1.82) is 0 Å². The van der Waals surface area contributed by atoms with Gasteiger partial charge in [0.05, 0.1) is 24.2 Å². The van der Waals surface area contributed by atoms with Crippen LogP contribution in [0.3, 0.4) is 0 Å². The van der Waals surface area contributed by atoms with Gasteiger partial charge in [0.15, 0.2) is 5.78 Å². The number of benzene rings is 3. The van der Waals surface area contributed by atoms with Crippen molar-refractivity contribution in [2.75, 3.05) is 19.8 Å². The number of nitro benzene ring substituents is 1. The van der Waals surface area contributed by atoms with Crippen LogP contribution in [0.1, 0.15) is 21.5 Å². The van der Waals surface area contributed by atoms with Crippen molar-refractivity contribution >= 4 is 45.0 Å². The number of para-hydroxylation sites is 1. The molecule has 7 nitrogen and oxygen atoms in total. The number of hydrogen-bond donors (Lipinski definition) is 0. The summed E-state index contributed by atoms with van der Waals surface area (Å²) in [5.41, 5.74) is 3.02. The van der Waals surface area contributed by atoms with Crippen molar-refractivity contribution in [2.24, 2.45) is 0 Å². The standard InChI is InChI=1S/C27H24IN3O4/c28-25-11-10-20(31(33)34)14-23(25)27(32)24-17-30(26-9-5-4-8-22(24)26)16-21-18-35-13-12-29(21)15-19-6-2-1-3-7-19/h1-11,14,17,21H,12-13,15-16,18H2. The average Bonchev–Trinajstić information content (AvgIpc) is 3.24. The number of ketones is 1. The van der Waals surface area contributed by atoms with Crippen LogP contribution in [0.5, 0.6) is 0 Å². The number of carbonyl (C=O) groups excluding carboxylic acids is 1. The Balaban J connectivity index is 1.48. The van der Waals surface area contributed by atoms with E-state index in [1.807, 2.05) is 36.5 Å². The molecule has 0 spiro atoms. The van der Waals surface area contributed by atoms with E-state index in [0.29, 0.717) is 34.5 Å². The largest absolute Gasteiger partial charge is 0.378 e. The number of halogens is 1. The number of ether oxygens (including phenoxy) is 1. The number of non-ortho nitro benzene ring substituents is 1. The molecule has 0 aliphatic carbocycles. The summed E-state index contributed by atoms with van der Waals surface area (Å²) >= 11 is 2.06. The lowest BCUT2D eigenvalue weighted by atomic mass is 10.0. The highest BCUT2D eigenvalue weighted by Gasteiger charge is 2.26. The zero-order valence-corrected chi connectivity index (χ0v) is 21.1. The molecule has 35 heavy (non-hydrogen) atoms. The number of carbonyl (C=O) groups is 1. The average molecular weight is 581 g/mol. The highest BCUT2D eigenvalue weighted by Crippen LogP contribution is 2.28. The van der Waals surface area contributed by atoms with E-state index in [-0.39, 0.29) is 17.5 Å². The third-order valence-electron chi connectivity index (χ3n) is 6.42.